The van der Waals surface area contributed by atoms with Crippen molar-refractivity contribution in [3.8, 4) is 0 Å². The highest BCUT2D eigenvalue weighted by atomic mass is 16.5. The number of rotatable bonds is 1. The van der Waals surface area contributed by atoms with Gasteiger partial charge in [-0.1, -0.05) is 29.8 Å². The monoisotopic (exact) mass is 334 g/mol. The van der Waals surface area contributed by atoms with Crippen LogP contribution in [0.2, 0.25) is 0 Å². The molecule has 1 spiro atoms. The van der Waals surface area contributed by atoms with Crippen molar-refractivity contribution in [2.75, 3.05) is 6.54 Å². The van der Waals surface area contributed by atoms with E-state index in [0.29, 0.717) is 23.9 Å². The number of carbonyl (C=O) groups excluding carboxylic acids is 1. The van der Waals surface area contributed by atoms with Crippen LogP contribution >= 0.6 is 0 Å². The van der Waals surface area contributed by atoms with Crippen LogP contribution in [0.25, 0.3) is 0 Å². The van der Waals surface area contributed by atoms with E-state index in [-0.39, 0.29) is 17.5 Å². The lowest BCUT2D eigenvalue weighted by molar-refractivity contribution is -0.152. The summed E-state index contributed by atoms with van der Waals surface area (Å²) in [5.41, 5.74) is 5.00. The van der Waals surface area contributed by atoms with Crippen molar-refractivity contribution in [1.29, 1.82) is 0 Å². The van der Waals surface area contributed by atoms with E-state index in [1.54, 1.807) is 6.92 Å². The Hall–Kier alpha value is -1.94. The highest BCUT2D eigenvalue weighted by Gasteiger charge is 2.73. The number of aliphatic imine (C=N–C) groups is 1. The van der Waals surface area contributed by atoms with E-state index >= 15 is 0 Å². The van der Waals surface area contributed by atoms with Gasteiger partial charge in [-0.2, -0.15) is 0 Å². The summed E-state index contributed by atoms with van der Waals surface area (Å²) in [6.07, 6.45) is 4.40. The molecule has 1 unspecified atom stereocenters. The molecular formula is C21H22N2O2. The van der Waals surface area contributed by atoms with Crippen LogP contribution in [0, 0.1) is 11.8 Å². The molecule has 1 aromatic carbocycles. The predicted molar refractivity (Wildman–Crippen MR) is 95.0 cm³/mol. The molecule has 7 rings (SSSR count). The van der Waals surface area contributed by atoms with Crippen LogP contribution in [0.4, 0.5) is 5.69 Å². The molecule has 4 nitrogen and oxygen atoms in total. The quantitative estimate of drug-likeness (QED) is 0.586. The second kappa shape index (κ2) is 4.42. The van der Waals surface area contributed by atoms with Crippen molar-refractivity contribution < 1.29 is 9.53 Å². The van der Waals surface area contributed by atoms with Crippen LogP contribution in [0.3, 0.4) is 0 Å². The Bertz CT molecular complexity index is 872. The molecule has 1 aliphatic carbocycles. The minimum absolute atomic E-state index is 0.0763. The molecule has 5 fully saturated rings. The number of allylic oxidation sites excluding steroid dienone is 1. The van der Waals surface area contributed by atoms with Crippen LogP contribution in [0.1, 0.15) is 32.3 Å². The maximum Gasteiger partial charge on any atom is 0.302 e. The number of carbonyl (C=O) groups is 1. The third-order valence-electron chi connectivity index (χ3n) is 7.48. The van der Waals surface area contributed by atoms with Crippen LogP contribution in [0.15, 0.2) is 40.9 Å². The van der Waals surface area contributed by atoms with E-state index in [0.717, 1.165) is 25.1 Å². The summed E-state index contributed by atoms with van der Waals surface area (Å²) in [5, 5.41) is 0. The Morgan fingerprint density at radius 2 is 2.24 bits per heavy atom. The molecular weight excluding hydrogens is 312 g/mol. The SMILES string of the molecule is C/C=C1\CN2[C@H]3C[C@@H]1[C@@H]1[C@@H](OC(C)=O)[C@@]4(C[C@@H]12)C3=Nc1ccccc14. The number of ether oxygens (including phenoxy) is 1. The summed E-state index contributed by atoms with van der Waals surface area (Å²) >= 11 is 0. The second-order valence-electron chi connectivity index (χ2n) is 8.26. The van der Waals surface area contributed by atoms with Gasteiger partial charge in [0.25, 0.3) is 0 Å². The van der Waals surface area contributed by atoms with E-state index in [1.807, 2.05) is 0 Å². The molecule has 5 heterocycles. The summed E-state index contributed by atoms with van der Waals surface area (Å²) in [7, 11) is 0. The van der Waals surface area contributed by atoms with Crippen molar-refractivity contribution in [3.05, 3.63) is 41.5 Å². The Morgan fingerprint density at radius 1 is 1.40 bits per heavy atom. The van der Waals surface area contributed by atoms with Crippen LogP contribution in [-0.2, 0) is 14.9 Å². The van der Waals surface area contributed by atoms with Crippen molar-refractivity contribution in [1.82, 2.24) is 4.90 Å². The Morgan fingerprint density at radius 3 is 3.04 bits per heavy atom. The molecule has 0 aromatic heterocycles. The maximum absolute atomic E-state index is 12.0. The third kappa shape index (κ3) is 1.46. The van der Waals surface area contributed by atoms with Gasteiger partial charge in [-0.05, 0) is 37.3 Å². The van der Waals surface area contributed by atoms with Crippen LogP contribution < -0.4 is 0 Å². The van der Waals surface area contributed by atoms with Crippen molar-refractivity contribution in [2.24, 2.45) is 16.8 Å². The Balaban J connectivity index is 1.62. The fourth-order valence-corrected chi connectivity index (χ4v) is 6.78. The summed E-state index contributed by atoms with van der Waals surface area (Å²) in [5.74, 6) is 0.778. The molecule has 5 bridgehead atoms. The van der Waals surface area contributed by atoms with Gasteiger partial charge in [-0.15, -0.1) is 0 Å². The van der Waals surface area contributed by atoms with Gasteiger partial charge in [0.15, 0.2) is 0 Å². The number of benzene rings is 1. The lowest BCUT2D eigenvalue weighted by atomic mass is 9.66. The van der Waals surface area contributed by atoms with E-state index < -0.39 is 0 Å². The van der Waals surface area contributed by atoms with Crippen molar-refractivity contribution >= 4 is 17.4 Å². The van der Waals surface area contributed by atoms with Gasteiger partial charge in [0.2, 0.25) is 0 Å². The van der Waals surface area contributed by atoms with Gasteiger partial charge in [0.05, 0.1) is 22.9 Å². The summed E-state index contributed by atoms with van der Waals surface area (Å²) in [6.45, 7) is 4.77. The molecule has 1 saturated carbocycles. The zero-order chi connectivity index (χ0) is 16.9. The largest absolute Gasteiger partial charge is 0.461 e. The molecule has 0 N–H and O–H groups in total. The van der Waals surface area contributed by atoms with Crippen LogP contribution in [0.5, 0.6) is 0 Å². The third-order valence-corrected chi connectivity index (χ3v) is 7.48. The summed E-state index contributed by atoms with van der Waals surface area (Å²) in [4.78, 5) is 19.8. The molecule has 4 heteroatoms. The molecule has 128 valence electrons. The maximum atomic E-state index is 12.0. The van der Waals surface area contributed by atoms with Gasteiger partial charge in [-0.3, -0.25) is 14.7 Å². The number of para-hydroxylation sites is 1. The zero-order valence-corrected chi connectivity index (χ0v) is 14.6. The smallest absolute Gasteiger partial charge is 0.302 e. The fourth-order valence-electron chi connectivity index (χ4n) is 6.78. The molecule has 4 saturated heterocycles. The predicted octanol–water partition coefficient (Wildman–Crippen LogP) is 2.99. The second-order valence-corrected chi connectivity index (χ2v) is 8.26. The molecule has 1 aromatic rings. The first-order chi connectivity index (χ1) is 12.1. The normalized spacial score (nSPS) is 46.2. The number of esters is 1. The summed E-state index contributed by atoms with van der Waals surface area (Å²) in [6, 6.07) is 9.42. The van der Waals surface area contributed by atoms with E-state index in [9.17, 15) is 4.79 Å². The molecule has 7 atom stereocenters. The van der Waals surface area contributed by atoms with Gasteiger partial charge in [0.1, 0.15) is 6.10 Å². The minimum Gasteiger partial charge on any atom is -0.461 e. The highest BCUT2D eigenvalue weighted by molar-refractivity contribution is 6.08. The first-order valence-corrected chi connectivity index (χ1v) is 9.42. The standard InChI is InChI=1S/C21H22N2O2/c1-3-12-10-23-16-8-13(12)18-17(23)9-21(20(18)25-11(2)24)14-6-4-5-7-15(14)22-19(16)21/h3-7,13,16-18,20H,8-10H2,1-2H3/b12-3+/t13-,16-,17-,18-,20+,21+/m0/s1. The molecule has 0 amide bonds. The number of hydrogen-bond donors (Lipinski definition) is 0. The molecule has 25 heavy (non-hydrogen) atoms. The highest BCUT2D eigenvalue weighted by Crippen LogP contribution is 2.66. The number of piperidine rings is 4. The number of nitrogens with zero attached hydrogens (tertiary/aromatic N) is 2. The lowest BCUT2D eigenvalue weighted by Gasteiger charge is -2.55. The van der Waals surface area contributed by atoms with Crippen molar-refractivity contribution in [2.45, 2.75) is 50.3 Å². The Kier molecular flexibility index (Phi) is 2.52. The first kappa shape index (κ1) is 14.3. The molecule has 0 radical (unpaired) electrons. The average molecular weight is 334 g/mol. The minimum atomic E-state index is -0.184. The van der Waals surface area contributed by atoms with Crippen molar-refractivity contribution in [3.63, 3.8) is 0 Å². The molecule has 6 aliphatic rings. The first-order valence-electron chi connectivity index (χ1n) is 9.42. The van der Waals surface area contributed by atoms with Gasteiger partial charge < -0.3 is 4.74 Å². The zero-order valence-electron chi connectivity index (χ0n) is 14.6. The van der Waals surface area contributed by atoms with Gasteiger partial charge in [-0.25, -0.2) is 0 Å². The number of hydrogen-bond acceptors (Lipinski definition) is 4. The lowest BCUT2D eigenvalue weighted by Crippen LogP contribution is -2.64. The topological polar surface area (TPSA) is 41.9 Å². The van der Waals surface area contributed by atoms with E-state index in [4.69, 9.17) is 9.73 Å². The number of fused-ring (bicyclic) bond motifs is 2. The van der Waals surface area contributed by atoms with Gasteiger partial charge in [0, 0.05) is 25.4 Å². The summed E-state index contributed by atoms with van der Waals surface area (Å²) < 4.78 is 6.09. The average Bonchev–Trinajstić information content (AvgIpc) is 3.09. The van der Waals surface area contributed by atoms with Gasteiger partial charge >= 0.3 is 5.97 Å². The van der Waals surface area contributed by atoms with E-state index in [2.05, 4.69) is 42.2 Å². The Labute approximate surface area is 147 Å². The van der Waals surface area contributed by atoms with E-state index in [1.165, 1.54) is 16.8 Å². The molecule has 5 aliphatic heterocycles. The van der Waals surface area contributed by atoms with Crippen LogP contribution in [-0.4, -0.2) is 41.3 Å². The fraction of sp³-hybridized carbons (Fsp3) is 0.524.